The van der Waals surface area contributed by atoms with Gasteiger partial charge in [0.15, 0.2) is 23.6 Å². The molecule has 2 heterocycles. The van der Waals surface area contributed by atoms with E-state index < -0.39 is 73.6 Å². The molecule has 1 amide bonds. The summed E-state index contributed by atoms with van der Waals surface area (Å²) in [7, 11) is -0.192. The van der Waals surface area contributed by atoms with E-state index in [-0.39, 0.29) is 17.9 Å². The van der Waals surface area contributed by atoms with Gasteiger partial charge < -0.3 is 29.3 Å². The molecule has 0 aliphatic carbocycles. The molecule has 4 rings (SSSR count). The Morgan fingerprint density at radius 3 is 2.52 bits per heavy atom. The number of aliphatic hydroxyl groups is 2. The molecular weight excluding hydrogens is 601 g/mol. The highest BCUT2D eigenvalue weighted by Gasteiger charge is 2.52. The summed E-state index contributed by atoms with van der Waals surface area (Å²) in [5.74, 6) is -5.28. The SMILES string of the molecule is [2H]C([2H])([2H])OC1[C@H]([C@H](OCc2ccc(Br)cc2)C(=O)N(C)C)OC(CO)[C@H](O)[C@@H]1n1cc(-c2cc(F)c(F)c(F)c2)nn1. The minimum atomic E-state index is -3.08. The Labute approximate surface area is 240 Å². The highest BCUT2D eigenvalue weighted by atomic mass is 79.9. The van der Waals surface area contributed by atoms with Gasteiger partial charge >= 0.3 is 0 Å². The van der Waals surface area contributed by atoms with Crippen molar-refractivity contribution >= 4 is 21.8 Å². The zero-order valence-electron chi connectivity index (χ0n) is 24.2. The van der Waals surface area contributed by atoms with E-state index in [1.807, 2.05) is 0 Å². The normalized spacial score (nSPS) is 25.1. The highest BCUT2D eigenvalue weighted by Crippen LogP contribution is 2.35. The van der Waals surface area contributed by atoms with Gasteiger partial charge in [-0.25, -0.2) is 17.9 Å². The maximum Gasteiger partial charge on any atom is 0.254 e. The van der Waals surface area contributed by atoms with Crippen molar-refractivity contribution in [3.05, 3.63) is 70.1 Å². The van der Waals surface area contributed by atoms with Crippen LogP contribution in [0, 0.1) is 17.5 Å². The first-order valence-electron chi connectivity index (χ1n) is 13.5. The fourth-order valence-electron chi connectivity index (χ4n) is 4.39. The van der Waals surface area contributed by atoms with Crippen LogP contribution in [0.5, 0.6) is 0 Å². The van der Waals surface area contributed by atoms with Gasteiger partial charge in [0.1, 0.15) is 36.2 Å². The molecule has 14 heteroatoms. The first kappa shape index (κ1) is 26.0. The van der Waals surface area contributed by atoms with Crippen LogP contribution in [0.3, 0.4) is 0 Å². The summed E-state index contributed by atoms with van der Waals surface area (Å²) in [4.78, 5) is 14.6. The standard InChI is InChI=1S/C26H28BrF3N4O6/c1-33(2)26(37)25(39-12-13-4-6-15(27)7-5-13)24-23(38-3)21(22(36)19(11-35)40-24)34-10-18(31-32-34)14-8-16(28)20(30)17(29)9-14/h4-10,19,21-25,35-36H,11-12H2,1-3H3/t19?,21-,22-,23?,24+,25-/m0/s1/i3D3. The predicted octanol–water partition coefficient (Wildman–Crippen LogP) is 2.48. The summed E-state index contributed by atoms with van der Waals surface area (Å²) in [6, 6.07) is 6.89. The van der Waals surface area contributed by atoms with Crippen LogP contribution in [0.15, 0.2) is 47.1 Å². The largest absolute Gasteiger partial charge is 0.394 e. The van der Waals surface area contributed by atoms with Crippen molar-refractivity contribution in [2.24, 2.45) is 0 Å². The topological polar surface area (TPSA) is 119 Å². The van der Waals surface area contributed by atoms with Crippen molar-refractivity contribution < 1.29 is 46.5 Å². The molecule has 10 nitrogen and oxygen atoms in total. The van der Waals surface area contributed by atoms with Crippen molar-refractivity contribution in [1.29, 1.82) is 0 Å². The molecule has 0 bridgehead atoms. The summed E-state index contributed by atoms with van der Waals surface area (Å²) in [6.45, 7) is -0.871. The fourth-order valence-corrected chi connectivity index (χ4v) is 4.66. The van der Waals surface area contributed by atoms with E-state index in [1.54, 1.807) is 24.3 Å². The molecule has 2 unspecified atom stereocenters. The number of nitrogens with zero attached hydrogens (tertiary/aromatic N) is 4. The van der Waals surface area contributed by atoms with E-state index in [0.717, 1.165) is 15.4 Å². The van der Waals surface area contributed by atoms with Crippen molar-refractivity contribution in [2.45, 2.75) is 43.2 Å². The van der Waals surface area contributed by atoms with Crippen LogP contribution >= 0.6 is 15.9 Å². The highest BCUT2D eigenvalue weighted by molar-refractivity contribution is 9.10. The van der Waals surface area contributed by atoms with Crippen molar-refractivity contribution in [2.75, 3.05) is 27.7 Å². The second kappa shape index (κ2) is 12.7. The lowest BCUT2D eigenvalue weighted by Crippen LogP contribution is -2.62. The third-order valence-corrected chi connectivity index (χ3v) is 6.99. The maximum atomic E-state index is 13.9. The number of carbonyl (C=O) groups excluding carboxylic acids is 1. The lowest BCUT2D eigenvalue weighted by atomic mass is 9.89. The van der Waals surface area contributed by atoms with Crippen LogP contribution in [-0.4, -0.2) is 94.3 Å². The van der Waals surface area contributed by atoms with E-state index >= 15 is 0 Å². The zero-order chi connectivity index (χ0) is 31.6. The van der Waals surface area contributed by atoms with Crippen LogP contribution in [0.2, 0.25) is 0 Å². The third kappa shape index (κ3) is 6.21. The smallest absolute Gasteiger partial charge is 0.254 e. The number of likely N-dealkylation sites (N-methyl/N-ethyl adjacent to an activating group) is 1. The number of amides is 1. The van der Waals surface area contributed by atoms with E-state index in [2.05, 4.69) is 26.2 Å². The second-order valence-electron chi connectivity index (χ2n) is 9.31. The van der Waals surface area contributed by atoms with Crippen LogP contribution in [0.25, 0.3) is 11.3 Å². The number of hydrogen-bond acceptors (Lipinski definition) is 8. The Hall–Kier alpha value is -2.88. The second-order valence-corrected chi connectivity index (χ2v) is 10.2. The van der Waals surface area contributed by atoms with E-state index in [4.69, 9.17) is 18.3 Å². The van der Waals surface area contributed by atoms with E-state index in [1.165, 1.54) is 19.0 Å². The summed E-state index contributed by atoms with van der Waals surface area (Å²) < 4.78 is 83.7. The lowest BCUT2D eigenvalue weighted by Gasteiger charge is -2.45. The Bertz CT molecular complexity index is 1410. The minimum absolute atomic E-state index is 0.107. The molecule has 40 heavy (non-hydrogen) atoms. The monoisotopic (exact) mass is 631 g/mol. The van der Waals surface area contributed by atoms with Gasteiger partial charge in [0, 0.05) is 31.2 Å². The molecule has 3 aromatic rings. The van der Waals surface area contributed by atoms with Gasteiger partial charge in [0.2, 0.25) is 0 Å². The summed E-state index contributed by atoms with van der Waals surface area (Å²) >= 11 is 3.34. The average Bonchev–Trinajstić information content (AvgIpc) is 3.42. The summed E-state index contributed by atoms with van der Waals surface area (Å²) in [6.07, 6.45) is -6.62. The molecule has 2 aromatic carbocycles. The zero-order valence-corrected chi connectivity index (χ0v) is 22.8. The van der Waals surface area contributed by atoms with E-state index in [9.17, 15) is 28.2 Å². The number of benzene rings is 2. The minimum Gasteiger partial charge on any atom is -0.394 e. The van der Waals surface area contributed by atoms with Gasteiger partial charge in [-0.2, -0.15) is 0 Å². The number of carbonyl (C=O) groups is 1. The molecule has 1 aliphatic rings. The molecule has 0 saturated carbocycles. The first-order valence-corrected chi connectivity index (χ1v) is 12.8. The molecule has 216 valence electrons. The molecule has 1 aliphatic heterocycles. The molecule has 0 spiro atoms. The first-order chi connectivity index (χ1) is 20.2. The number of methoxy groups -OCH3 is 1. The van der Waals surface area contributed by atoms with Gasteiger partial charge in [-0.3, -0.25) is 4.79 Å². The van der Waals surface area contributed by atoms with Crippen molar-refractivity contribution in [3.8, 4) is 11.3 Å². The quantitative estimate of drug-likeness (QED) is 0.346. The van der Waals surface area contributed by atoms with Crippen LogP contribution in [0.1, 0.15) is 15.7 Å². The molecule has 2 N–H and O–H groups in total. The Balaban J connectivity index is 1.77. The number of halogens is 4. The van der Waals surface area contributed by atoms with Crippen LogP contribution < -0.4 is 0 Å². The number of ether oxygens (including phenoxy) is 3. The average molecular weight is 632 g/mol. The van der Waals surface area contributed by atoms with E-state index in [0.29, 0.717) is 17.7 Å². The summed E-state index contributed by atoms with van der Waals surface area (Å²) in [5.41, 5.74) is 0.304. The Kier molecular flexibility index (Phi) is 8.30. The van der Waals surface area contributed by atoms with Crippen molar-refractivity contribution in [3.63, 3.8) is 0 Å². The maximum absolute atomic E-state index is 13.9. The molecule has 1 saturated heterocycles. The Morgan fingerprint density at radius 1 is 1.25 bits per heavy atom. The number of aliphatic hydroxyl groups excluding tert-OH is 2. The number of rotatable bonds is 9. The molecule has 0 radical (unpaired) electrons. The third-order valence-electron chi connectivity index (χ3n) is 6.46. The number of aromatic nitrogens is 3. The fraction of sp³-hybridized carbons (Fsp3) is 0.423. The van der Waals surface area contributed by atoms with Gasteiger partial charge in [0.05, 0.1) is 23.5 Å². The van der Waals surface area contributed by atoms with Gasteiger partial charge in [-0.05, 0) is 29.8 Å². The van der Waals surface area contributed by atoms with Crippen LogP contribution in [0.4, 0.5) is 13.2 Å². The summed E-state index contributed by atoms with van der Waals surface area (Å²) in [5, 5.41) is 29.0. The van der Waals surface area contributed by atoms with Gasteiger partial charge in [0.25, 0.3) is 5.91 Å². The Morgan fingerprint density at radius 2 is 1.93 bits per heavy atom. The molecular formula is C26H28BrF3N4O6. The lowest BCUT2D eigenvalue weighted by molar-refractivity contribution is -0.242. The van der Waals surface area contributed by atoms with Gasteiger partial charge in [-0.1, -0.05) is 33.3 Å². The molecule has 1 fully saturated rings. The molecule has 1 aromatic heterocycles. The predicted molar refractivity (Wildman–Crippen MR) is 138 cm³/mol. The molecule has 6 atom stereocenters. The van der Waals surface area contributed by atoms with Crippen molar-refractivity contribution in [1.82, 2.24) is 19.9 Å². The number of hydrogen-bond donors (Lipinski definition) is 2. The van der Waals surface area contributed by atoms with Gasteiger partial charge in [-0.15, -0.1) is 5.10 Å². The van der Waals surface area contributed by atoms with Crippen LogP contribution in [-0.2, 0) is 25.6 Å².